The molecule has 0 amide bonds. The van der Waals surface area contributed by atoms with Gasteiger partial charge in [0, 0.05) is 17.0 Å². The van der Waals surface area contributed by atoms with Gasteiger partial charge in [0.15, 0.2) is 0 Å². The molecule has 1 aliphatic rings. The topological polar surface area (TPSA) is 76.5 Å². The maximum Gasteiger partial charge on any atom is 0.311 e. The maximum absolute atomic E-state index is 11.2. The summed E-state index contributed by atoms with van der Waals surface area (Å²) < 4.78 is 5.40. The summed E-state index contributed by atoms with van der Waals surface area (Å²) in [5.74, 6) is -0.810. The van der Waals surface area contributed by atoms with Crippen molar-refractivity contribution in [2.75, 3.05) is 0 Å². The molecule has 1 aliphatic carbocycles. The third-order valence-electron chi connectivity index (χ3n) is 3.66. The quantitative estimate of drug-likeness (QED) is 0.849. The minimum absolute atomic E-state index is 0.497. The Hall–Kier alpha value is -1.81. The second kappa shape index (κ2) is 3.34. The summed E-state index contributed by atoms with van der Waals surface area (Å²) in [5, 5.41) is 10.1. The van der Waals surface area contributed by atoms with Crippen LogP contribution in [0.5, 0.6) is 0 Å². The number of para-hydroxylation sites is 1. The van der Waals surface area contributed by atoms with E-state index < -0.39 is 17.4 Å². The smallest absolute Gasteiger partial charge is 0.311 e. The van der Waals surface area contributed by atoms with Gasteiger partial charge in [-0.25, -0.2) is 0 Å². The zero-order valence-corrected chi connectivity index (χ0v) is 9.22. The lowest BCUT2D eigenvalue weighted by Gasteiger charge is -2.17. The normalized spacial score (nSPS) is 19.1. The molecule has 3 rings (SSSR count). The second-order valence-corrected chi connectivity index (χ2v) is 4.63. The van der Waals surface area contributed by atoms with E-state index in [9.17, 15) is 9.90 Å². The summed E-state index contributed by atoms with van der Waals surface area (Å²) in [4.78, 5) is 11.2. The van der Waals surface area contributed by atoms with Gasteiger partial charge in [0.25, 0.3) is 0 Å². The van der Waals surface area contributed by atoms with Gasteiger partial charge in [0.2, 0.25) is 0 Å². The van der Waals surface area contributed by atoms with Crippen molar-refractivity contribution in [1.29, 1.82) is 0 Å². The number of furan rings is 1. The molecule has 0 aliphatic heterocycles. The lowest BCUT2D eigenvalue weighted by atomic mass is 9.91. The minimum Gasteiger partial charge on any atom is -0.481 e. The third-order valence-corrected chi connectivity index (χ3v) is 3.66. The molecule has 1 atom stereocenters. The van der Waals surface area contributed by atoms with Gasteiger partial charge in [-0.3, -0.25) is 4.79 Å². The molecule has 4 nitrogen and oxygen atoms in total. The first-order chi connectivity index (χ1) is 8.15. The average Bonchev–Trinajstić information content (AvgIpc) is 3.03. The van der Waals surface area contributed by atoms with Gasteiger partial charge in [-0.15, -0.1) is 0 Å². The standard InChI is InChI=1S/C13H13NO3/c14-11(13(5-6-13)12(15)16)9-7-17-10-4-2-1-3-8(9)10/h1-4,7,11H,5-6,14H2,(H,15,16). The number of benzene rings is 1. The van der Waals surface area contributed by atoms with Crippen molar-refractivity contribution in [2.24, 2.45) is 11.1 Å². The zero-order valence-electron chi connectivity index (χ0n) is 9.22. The number of carbonyl (C=O) groups is 1. The summed E-state index contributed by atoms with van der Waals surface area (Å²) in [7, 11) is 0. The summed E-state index contributed by atoms with van der Waals surface area (Å²) >= 11 is 0. The van der Waals surface area contributed by atoms with E-state index in [0.717, 1.165) is 16.5 Å². The third kappa shape index (κ3) is 1.37. The van der Waals surface area contributed by atoms with Crippen LogP contribution in [0.1, 0.15) is 24.4 Å². The SMILES string of the molecule is NC(c1coc2ccccc12)C1(C(=O)O)CC1. The Morgan fingerprint density at radius 2 is 2.12 bits per heavy atom. The van der Waals surface area contributed by atoms with Crippen molar-refractivity contribution in [1.82, 2.24) is 0 Å². The molecule has 1 heterocycles. The van der Waals surface area contributed by atoms with Crippen LogP contribution in [0, 0.1) is 5.41 Å². The van der Waals surface area contributed by atoms with Crippen LogP contribution in [0.3, 0.4) is 0 Å². The fourth-order valence-corrected chi connectivity index (χ4v) is 2.33. The Morgan fingerprint density at radius 3 is 2.76 bits per heavy atom. The van der Waals surface area contributed by atoms with Gasteiger partial charge in [-0.1, -0.05) is 18.2 Å². The van der Waals surface area contributed by atoms with Gasteiger partial charge in [0.05, 0.1) is 11.7 Å². The second-order valence-electron chi connectivity index (χ2n) is 4.63. The van der Waals surface area contributed by atoms with Crippen LogP contribution in [0.4, 0.5) is 0 Å². The zero-order chi connectivity index (χ0) is 12.0. The Kier molecular flexibility index (Phi) is 2.03. The first kappa shape index (κ1) is 10.4. The van der Waals surface area contributed by atoms with E-state index in [4.69, 9.17) is 10.2 Å². The fraction of sp³-hybridized carbons (Fsp3) is 0.308. The van der Waals surface area contributed by atoms with E-state index in [1.54, 1.807) is 6.26 Å². The van der Waals surface area contributed by atoms with Crippen molar-refractivity contribution in [3.05, 3.63) is 36.1 Å². The van der Waals surface area contributed by atoms with Crippen LogP contribution in [-0.4, -0.2) is 11.1 Å². The molecule has 17 heavy (non-hydrogen) atoms. The Bertz CT molecular complexity index is 583. The molecule has 4 heteroatoms. The predicted molar refractivity (Wildman–Crippen MR) is 62.4 cm³/mol. The number of nitrogens with two attached hydrogens (primary N) is 1. The van der Waals surface area contributed by atoms with E-state index in [1.807, 2.05) is 24.3 Å². The largest absolute Gasteiger partial charge is 0.481 e. The van der Waals surface area contributed by atoms with Gasteiger partial charge >= 0.3 is 5.97 Å². The molecule has 0 bridgehead atoms. The number of carboxylic acids is 1. The highest BCUT2D eigenvalue weighted by Crippen LogP contribution is 2.55. The summed E-state index contributed by atoms with van der Waals surface area (Å²) in [6, 6.07) is 7.04. The van der Waals surface area contributed by atoms with Crippen LogP contribution >= 0.6 is 0 Å². The van der Waals surface area contributed by atoms with E-state index in [-0.39, 0.29) is 0 Å². The molecule has 3 N–H and O–H groups in total. The molecule has 0 radical (unpaired) electrons. The molecule has 1 saturated carbocycles. The number of rotatable bonds is 3. The molecular weight excluding hydrogens is 218 g/mol. The van der Waals surface area contributed by atoms with E-state index >= 15 is 0 Å². The van der Waals surface area contributed by atoms with Crippen LogP contribution < -0.4 is 5.73 Å². The minimum atomic E-state index is -0.810. The first-order valence-electron chi connectivity index (χ1n) is 5.60. The first-order valence-corrected chi connectivity index (χ1v) is 5.60. The van der Waals surface area contributed by atoms with Crippen LogP contribution in [0.25, 0.3) is 11.0 Å². The van der Waals surface area contributed by atoms with E-state index in [1.165, 1.54) is 0 Å². The molecule has 1 aromatic heterocycles. The summed E-state index contributed by atoms with van der Waals surface area (Å²) in [6.07, 6.45) is 2.87. The van der Waals surface area contributed by atoms with Crippen molar-refractivity contribution in [2.45, 2.75) is 18.9 Å². The molecule has 1 aromatic carbocycles. The van der Waals surface area contributed by atoms with Gasteiger partial charge < -0.3 is 15.3 Å². The highest BCUT2D eigenvalue weighted by Gasteiger charge is 2.55. The molecule has 0 spiro atoms. The molecule has 2 aromatic rings. The summed E-state index contributed by atoms with van der Waals surface area (Å²) in [5.41, 5.74) is 6.86. The van der Waals surface area contributed by atoms with E-state index in [2.05, 4.69) is 0 Å². The van der Waals surface area contributed by atoms with Gasteiger partial charge in [-0.2, -0.15) is 0 Å². The number of aliphatic carboxylic acids is 1. The monoisotopic (exact) mass is 231 g/mol. The number of fused-ring (bicyclic) bond motifs is 1. The fourth-order valence-electron chi connectivity index (χ4n) is 2.33. The molecule has 0 saturated heterocycles. The van der Waals surface area contributed by atoms with Crippen molar-refractivity contribution >= 4 is 16.9 Å². The number of carboxylic acid groups (broad SMARTS) is 1. The lowest BCUT2D eigenvalue weighted by Crippen LogP contribution is -2.29. The molecule has 1 fully saturated rings. The summed E-state index contributed by atoms with van der Waals surface area (Å²) in [6.45, 7) is 0. The molecule has 1 unspecified atom stereocenters. The Labute approximate surface area is 98.0 Å². The average molecular weight is 231 g/mol. The van der Waals surface area contributed by atoms with Crippen LogP contribution in [0.2, 0.25) is 0 Å². The highest BCUT2D eigenvalue weighted by molar-refractivity contribution is 5.85. The predicted octanol–water partition coefficient (Wildman–Crippen LogP) is 2.30. The number of hydrogen-bond donors (Lipinski definition) is 2. The van der Waals surface area contributed by atoms with E-state index in [0.29, 0.717) is 12.8 Å². The Balaban J connectivity index is 2.07. The van der Waals surface area contributed by atoms with Gasteiger partial charge in [0.1, 0.15) is 5.58 Å². The highest BCUT2D eigenvalue weighted by atomic mass is 16.4. The molecule has 88 valence electrons. The lowest BCUT2D eigenvalue weighted by molar-refractivity contribution is -0.144. The number of hydrogen-bond acceptors (Lipinski definition) is 3. The van der Waals surface area contributed by atoms with Crippen molar-refractivity contribution in [3.63, 3.8) is 0 Å². The van der Waals surface area contributed by atoms with Crippen molar-refractivity contribution < 1.29 is 14.3 Å². The molecular formula is C13H13NO3. The maximum atomic E-state index is 11.2. The van der Waals surface area contributed by atoms with Crippen LogP contribution in [-0.2, 0) is 4.79 Å². The van der Waals surface area contributed by atoms with Crippen molar-refractivity contribution in [3.8, 4) is 0 Å². The van der Waals surface area contributed by atoms with Gasteiger partial charge in [-0.05, 0) is 18.9 Å². The van der Waals surface area contributed by atoms with Crippen LogP contribution in [0.15, 0.2) is 34.9 Å². The Morgan fingerprint density at radius 1 is 1.41 bits per heavy atom.